The maximum atomic E-state index is 14.3. The normalized spacial score (nSPS) is 13.0. The number of hydrogen-bond donors (Lipinski definition) is 1. The summed E-state index contributed by atoms with van der Waals surface area (Å²) in [6, 6.07) is 7.26. The third-order valence-electron chi connectivity index (χ3n) is 4.12. The molecule has 0 spiro atoms. The van der Waals surface area contributed by atoms with Crippen LogP contribution in [0.2, 0.25) is 0 Å². The zero-order chi connectivity index (χ0) is 20.4. The van der Waals surface area contributed by atoms with E-state index in [4.69, 9.17) is 5.11 Å². The van der Waals surface area contributed by atoms with Crippen LogP contribution in [-0.4, -0.2) is 30.3 Å². The van der Waals surface area contributed by atoms with E-state index in [9.17, 15) is 22.0 Å². The zero-order valence-corrected chi connectivity index (χ0v) is 17.0. The van der Waals surface area contributed by atoms with E-state index in [1.54, 1.807) is 38.1 Å². The van der Waals surface area contributed by atoms with Crippen LogP contribution in [0.5, 0.6) is 0 Å². The summed E-state index contributed by atoms with van der Waals surface area (Å²) >= 11 is 3.34. The summed E-state index contributed by atoms with van der Waals surface area (Å²) < 4.78 is 55.9. The first kappa shape index (κ1) is 21.5. The van der Waals surface area contributed by atoms with Crippen LogP contribution in [0, 0.1) is 11.6 Å². The molecule has 2 rings (SSSR count). The van der Waals surface area contributed by atoms with Crippen molar-refractivity contribution in [1.29, 1.82) is 0 Å². The molecule has 0 heterocycles. The van der Waals surface area contributed by atoms with E-state index >= 15 is 0 Å². The first-order chi connectivity index (χ1) is 12.6. The molecule has 0 aliphatic rings. The molecule has 9 heteroatoms. The monoisotopic (exact) mass is 461 g/mol. The van der Waals surface area contributed by atoms with Gasteiger partial charge in [-0.2, -0.15) is 4.31 Å². The summed E-state index contributed by atoms with van der Waals surface area (Å²) in [5, 5.41) is 9.03. The van der Waals surface area contributed by atoms with Crippen LogP contribution >= 0.6 is 15.9 Å². The van der Waals surface area contributed by atoms with E-state index in [1.165, 1.54) is 0 Å². The minimum absolute atomic E-state index is 0.0204. The lowest BCUT2D eigenvalue weighted by atomic mass is 10.0. The SMILES string of the molecule is CCC(c1cccc(Br)c1)N(CC)S(=O)(=O)c1cc(C(=O)O)c(F)cc1F. The van der Waals surface area contributed by atoms with Crippen molar-refractivity contribution in [2.75, 3.05) is 6.54 Å². The highest BCUT2D eigenvalue weighted by Gasteiger charge is 2.34. The molecule has 1 atom stereocenters. The number of rotatable bonds is 7. The number of carbonyl (C=O) groups is 1. The molecule has 0 aliphatic heterocycles. The van der Waals surface area contributed by atoms with E-state index < -0.39 is 44.1 Å². The zero-order valence-electron chi connectivity index (χ0n) is 14.6. The van der Waals surface area contributed by atoms with Crippen LogP contribution in [0.4, 0.5) is 8.78 Å². The molecule has 1 N–H and O–H groups in total. The number of carboxylic acids is 1. The van der Waals surface area contributed by atoms with Crippen molar-refractivity contribution in [3.8, 4) is 0 Å². The molecule has 0 amide bonds. The van der Waals surface area contributed by atoms with Gasteiger partial charge < -0.3 is 5.11 Å². The van der Waals surface area contributed by atoms with Gasteiger partial charge in [-0.25, -0.2) is 22.0 Å². The fourth-order valence-electron chi connectivity index (χ4n) is 2.89. The van der Waals surface area contributed by atoms with E-state index in [0.29, 0.717) is 18.1 Å². The second kappa shape index (κ2) is 8.45. The summed E-state index contributed by atoms with van der Waals surface area (Å²) in [4.78, 5) is 10.3. The number of aromatic carboxylic acids is 1. The molecule has 2 aromatic carbocycles. The fourth-order valence-corrected chi connectivity index (χ4v) is 5.08. The number of halogens is 3. The summed E-state index contributed by atoms with van der Waals surface area (Å²) in [6.07, 6.45) is 0.401. The van der Waals surface area contributed by atoms with Crippen LogP contribution in [0.25, 0.3) is 0 Å². The Bertz CT molecular complexity index is 966. The Morgan fingerprint density at radius 1 is 1.19 bits per heavy atom. The van der Waals surface area contributed by atoms with Crippen molar-refractivity contribution < 1.29 is 27.1 Å². The number of carboxylic acid groups (broad SMARTS) is 1. The molecule has 27 heavy (non-hydrogen) atoms. The number of hydrogen-bond acceptors (Lipinski definition) is 3. The van der Waals surface area contributed by atoms with E-state index in [2.05, 4.69) is 15.9 Å². The second-order valence-corrected chi connectivity index (χ2v) is 8.53. The minimum atomic E-state index is -4.41. The molecule has 5 nitrogen and oxygen atoms in total. The van der Waals surface area contributed by atoms with Crippen molar-refractivity contribution in [3.05, 3.63) is 63.6 Å². The van der Waals surface area contributed by atoms with Gasteiger partial charge in [-0.05, 0) is 30.2 Å². The predicted molar refractivity (Wildman–Crippen MR) is 100 cm³/mol. The standard InChI is InChI=1S/C18H18BrF2NO4S/c1-3-16(11-6-5-7-12(19)8-11)22(4-2)27(25,26)17-9-13(18(23)24)14(20)10-15(17)21/h5-10,16H,3-4H2,1-2H3,(H,23,24). The first-order valence-electron chi connectivity index (χ1n) is 8.13. The van der Waals surface area contributed by atoms with Crippen LogP contribution < -0.4 is 0 Å². The first-order valence-corrected chi connectivity index (χ1v) is 10.4. The molecule has 0 bridgehead atoms. The molecule has 0 saturated heterocycles. The van der Waals surface area contributed by atoms with Gasteiger partial charge in [-0.1, -0.05) is 41.9 Å². The number of benzene rings is 2. The third kappa shape index (κ3) is 4.36. The molecule has 2 aromatic rings. The Labute approximate surface area is 164 Å². The largest absolute Gasteiger partial charge is 0.478 e. The topological polar surface area (TPSA) is 74.7 Å². The Hall–Kier alpha value is -1.84. The molecular formula is C18H18BrF2NO4S. The molecule has 0 saturated carbocycles. The lowest BCUT2D eigenvalue weighted by Gasteiger charge is -2.30. The van der Waals surface area contributed by atoms with Gasteiger partial charge in [0.15, 0.2) is 0 Å². The summed E-state index contributed by atoms with van der Waals surface area (Å²) in [7, 11) is -4.41. The summed E-state index contributed by atoms with van der Waals surface area (Å²) in [6.45, 7) is 3.40. The lowest BCUT2D eigenvalue weighted by Crippen LogP contribution is -2.35. The maximum Gasteiger partial charge on any atom is 0.338 e. The van der Waals surface area contributed by atoms with Crippen LogP contribution in [0.15, 0.2) is 45.8 Å². The molecule has 0 aliphatic carbocycles. The third-order valence-corrected chi connectivity index (χ3v) is 6.61. The molecule has 0 fully saturated rings. The Balaban J connectivity index is 2.61. The van der Waals surface area contributed by atoms with Crippen LogP contribution in [0.3, 0.4) is 0 Å². The van der Waals surface area contributed by atoms with E-state index in [1.807, 2.05) is 0 Å². The fraction of sp³-hybridized carbons (Fsp3) is 0.278. The van der Waals surface area contributed by atoms with Gasteiger partial charge in [0.1, 0.15) is 16.5 Å². The second-order valence-electron chi connectivity index (χ2n) is 5.76. The summed E-state index contributed by atoms with van der Waals surface area (Å²) in [5.74, 6) is -4.34. The van der Waals surface area contributed by atoms with Crippen molar-refractivity contribution in [1.82, 2.24) is 4.31 Å². The van der Waals surface area contributed by atoms with Gasteiger partial charge >= 0.3 is 5.97 Å². The maximum absolute atomic E-state index is 14.3. The Kier molecular flexibility index (Phi) is 6.72. The van der Waals surface area contributed by atoms with E-state index in [0.717, 1.165) is 8.78 Å². The summed E-state index contributed by atoms with van der Waals surface area (Å²) in [5.41, 5.74) is -0.209. The smallest absolute Gasteiger partial charge is 0.338 e. The predicted octanol–water partition coefficient (Wildman–Crippen LogP) is 4.59. The van der Waals surface area contributed by atoms with Gasteiger partial charge in [0.2, 0.25) is 10.0 Å². The molecule has 1 unspecified atom stereocenters. The Morgan fingerprint density at radius 2 is 1.85 bits per heavy atom. The van der Waals surface area contributed by atoms with Crippen molar-refractivity contribution in [2.24, 2.45) is 0 Å². The van der Waals surface area contributed by atoms with Gasteiger partial charge in [0.25, 0.3) is 0 Å². The minimum Gasteiger partial charge on any atom is -0.478 e. The molecule has 0 radical (unpaired) electrons. The van der Waals surface area contributed by atoms with Gasteiger partial charge in [0, 0.05) is 23.1 Å². The van der Waals surface area contributed by atoms with Gasteiger partial charge in [0.05, 0.1) is 5.56 Å². The highest BCUT2D eigenvalue weighted by molar-refractivity contribution is 9.10. The average Bonchev–Trinajstić information content (AvgIpc) is 2.58. The van der Waals surface area contributed by atoms with Crippen molar-refractivity contribution in [3.63, 3.8) is 0 Å². The van der Waals surface area contributed by atoms with Crippen molar-refractivity contribution in [2.45, 2.75) is 31.2 Å². The highest BCUT2D eigenvalue weighted by Crippen LogP contribution is 2.33. The average molecular weight is 462 g/mol. The lowest BCUT2D eigenvalue weighted by molar-refractivity contribution is 0.0691. The number of sulfonamides is 1. The quantitative estimate of drug-likeness (QED) is 0.654. The molecule has 146 valence electrons. The van der Waals surface area contributed by atoms with Crippen LogP contribution in [-0.2, 0) is 10.0 Å². The van der Waals surface area contributed by atoms with Gasteiger partial charge in [-0.3, -0.25) is 0 Å². The van der Waals surface area contributed by atoms with Crippen molar-refractivity contribution >= 4 is 31.9 Å². The molecule has 0 aromatic heterocycles. The van der Waals surface area contributed by atoms with Crippen LogP contribution in [0.1, 0.15) is 42.2 Å². The molecular weight excluding hydrogens is 444 g/mol. The van der Waals surface area contributed by atoms with Gasteiger partial charge in [-0.15, -0.1) is 0 Å². The number of nitrogens with zero attached hydrogens (tertiary/aromatic N) is 1. The van der Waals surface area contributed by atoms with E-state index in [-0.39, 0.29) is 12.6 Å². The highest BCUT2D eigenvalue weighted by atomic mass is 79.9. The Morgan fingerprint density at radius 3 is 2.37 bits per heavy atom.